The first kappa shape index (κ1) is 19.8. The quantitative estimate of drug-likeness (QED) is 0.567. The Labute approximate surface area is 163 Å². The third kappa shape index (κ3) is 4.86. The number of fused-ring (bicyclic) bond motifs is 1. The van der Waals surface area contributed by atoms with Crippen molar-refractivity contribution in [2.24, 2.45) is 4.99 Å². The smallest absolute Gasteiger partial charge is 0.191 e. The Kier molecular flexibility index (Phi) is 6.83. The van der Waals surface area contributed by atoms with E-state index in [1.807, 2.05) is 0 Å². The fourth-order valence-electron chi connectivity index (χ4n) is 4.06. The summed E-state index contributed by atoms with van der Waals surface area (Å²) in [7, 11) is 1.72. The van der Waals surface area contributed by atoms with Gasteiger partial charge in [-0.3, -0.25) is 4.90 Å². The normalized spacial score (nSPS) is 22.4. The van der Waals surface area contributed by atoms with Crippen molar-refractivity contribution in [3.05, 3.63) is 23.3 Å². The van der Waals surface area contributed by atoms with Crippen molar-refractivity contribution < 1.29 is 9.47 Å². The molecule has 0 amide bonds. The number of hydrogen-bond donors (Lipinski definition) is 2. The highest BCUT2D eigenvalue weighted by atomic mass is 16.5. The molecule has 0 radical (unpaired) electrons. The number of aliphatic imine (C=N–C) groups is 1. The second-order valence-electron chi connectivity index (χ2n) is 7.41. The van der Waals surface area contributed by atoms with Crippen LogP contribution in [0.2, 0.25) is 0 Å². The fraction of sp³-hybridized carbons (Fsp3) is 0.667. The van der Waals surface area contributed by atoms with Gasteiger partial charge in [-0.15, -0.1) is 0 Å². The minimum Gasteiger partial charge on any atom is -0.496 e. The average Bonchev–Trinajstić information content (AvgIpc) is 3.27. The molecule has 1 aromatic rings. The maximum atomic E-state index is 5.90. The van der Waals surface area contributed by atoms with Gasteiger partial charge in [0.05, 0.1) is 13.7 Å². The highest BCUT2D eigenvalue weighted by Crippen LogP contribution is 2.35. The van der Waals surface area contributed by atoms with Gasteiger partial charge in [-0.05, 0) is 51.9 Å². The van der Waals surface area contributed by atoms with E-state index in [4.69, 9.17) is 14.5 Å². The van der Waals surface area contributed by atoms with Crippen LogP contribution in [0.3, 0.4) is 0 Å². The minimum atomic E-state index is 0.232. The van der Waals surface area contributed by atoms with Gasteiger partial charge in [-0.1, -0.05) is 6.92 Å². The van der Waals surface area contributed by atoms with Crippen molar-refractivity contribution in [3.8, 4) is 11.5 Å². The lowest BCUT2D eigenvalue weighted by Crippen LogP contribution is -2.44. The number of methoxy groups -OCH3 is 1. The SMILES string of the molecule is CCNC(=NCc1cc2c(cc1OC)CC(C)O2)NCC1CCCN1CC. The van der Waals surface area contributed by atoms with Gasteiger partial charge in [0.15, 0.2) is 5.96 Å². The van der Waals surface area contributed by atoms with E-state index in [-0.39, 0.29) is 6.10 Å². The Balaban J connectivity index is 1.67. The first-order valence-corrected chi connectivity index (χ1v) is 10.3. The minimum absolute atomic E-state index is 0.232. The van der Waals surface area contributed by atoms with E-state index in [9.17, 15) is 0 Å². The predicted molar refractivity (Wildman–Crippen MR) is 110 cm³/mol. The Bertz CT molecular complexity index is 662. The summed E-state index contributed by atoms with van der Waals surface area (Å²) in [4.78, 5) is 7.33. The molecular formula is C21H34N4O2. The fourth-order valence-corrected chi connectivity index (χ4v) is 4.06. The molecule has 2 atom stereocenters. The summed E-state index contributed by atoms with van der Waals surface area (Å²) < 4.78 is 11.5. The number of rotatable bonds is 7. The van der Waals surface area contributed by atoms with Crippen LogP contribution in [0.1, 0.15) is 44.7 Å². The first-order valence-electron chi connectivity index (χ1n) is 10.3. The Morgan fingerprint density at radius 1 is 1.33 bits per heavy atom. The molecule has 0 spiro atoms. The molecule has 1 aromatic carbocycles. The summed E-state index contributed by atoms with van der Waals surface area (Å²) in [5.41, 5.74) is 2.27. The molecule has 150 valence electrons. The number of likely N-dealkylation sites (N-methyl/N-ethyl adjacent to an activating group) is 1. The van der Waals surface area contributed by atoms with Crippen molar-refractivity contribution in [2.75, 3.05) is 33.3 Å². The molecular weight excluding hydrogens is 340 g/mol. The summed E-state index contributed by atoms with van der Waals surface area (Å²) in [6.45, 7) is 11.1. The number of hydrogen-bond acceptors (Lipinski definition) is 4. The predicted octanol–water partition coefficient (Wildman–Crippen LogP) is 2.56. The number of likely N-dealkylation sites (tertiary alicyclic amines) is 1. The zero-order valence-electron chi connectivity index (χ0n) is 17.2. The van der Waals surface area contributed by atoms with E-state index >= 15 is 0 Å². The van der Waals surface area contributed by atoms with E-state index in [2.05, 4.69) is 48.4 Å². The number of nitrogens with zero attached hydrogens (tertiary/aromatic N) is 2. The van der Waals surface area contributed by atoms with E-state index in [0.717, 1.165) is 49.1 Å². The van der Waals surface area contributed by atoms with Crippen molar-refractivity contribution in [2.45, 2.75) is 58.7 Å². The molecule has 2 aliphatic heterocycles. The second-order valence-corrected chi connectivity index (χ2v) is 7.41. The van der Waals surface area contributed by atoms with Gasteiger partial charge in [-0.2, -0.15) is 0 Å². The number of guanidine groups is 1. The third-order valence-corrected chi connectivity index (χ3v) is 5.46. The van der Waals surface area contributed by atoms with Crippen LogP contribution in [0.5, 0.6) is 11.5 Å². The maximum absolute atomic E-state index is 5.90. The van der Waals surface area contributed by atoms with Crippen LogP contribution >= 0.6 is 0 Å². The van der Waals surface area contributed by atoms with Gasteiger partial charge in [-0.25, -0.2) is 4.99 Å². The second kappa shape index (κ2) is 9.31. The summed E-state index contributed by atoms with van der Waals surface area (Å²) >= 11 is 0. The molecule has 2 heterocycles. The van der Waals surface area contributed by atoms with Crippen molar-refractivity contribution in [3.63, 3.8) is 0 Å². The van der Waals surface area contributed by atoms with Gasteiger partial charge < -0.3 is 20.1 Å². The van der Waals surface area contributed by atoms with Gasteiger partial charge in [0, 0.05) is 36.7 Å². The van der Waals surface area contributed by atoms with Gasteiger partial charge in [0.1, 0.15) is 17.6 Å². The molecule has 0 bridgehead atoms. The maximum Gasteiger partial charge on any atom is 0.191 e. The van der Waals surface area contributed by atoms with Crippen LogP contribution < -0.4 is 20.1 Å². The molecule has 2 unspecified atom stereocenters. The van der Waals surface area contributed by atoms with Gasteiger partial charge in [0.2, 0.25) is 0 Å². The molecule has 2 aliphatic rings. The summed E-state index contributed by atoms with van der Waals surface area (Å²) in [6.07, 6.45) is 3.72. The molecule has 0 saturated carbocycles. The number of ether oxygens (including phenoxy) is 2. The van der Waals surface area contributed by atoms with Crippen LogP contribution in [0.4, 0.5) is 0 Å². The van der Waals surface area contributed by atoms with E-state index in [1.54, 1.807) is 7.11 Å². The summed E-state index contributed by atoms with van der Waals surface area (Å²) in [5.74, 6) is 2.72. The first-order chi connectivity index (χ1) is 13.1. The molecule has 1 saturated heterocycles. The molecule has 0 aromatic heterocycles. The third-order valence-electron chi connectivity index (χ3n) is 5.46. The van der Waals surface area contributed by atoms with Gasteiger partial charge in [0.25, 0.3) is 0 Å². The highest BCUT2D eigenvalue weighted by Gasteiger charge is 2.23. The summed E-state index contributed by atoms with van der Waals surface area (Å²) in [5, 5.41) is 6.87. The standard InChI is InChI=1S/C21H34N4O2/c1-5-22-21(24-14-18-8-7-9-25(18)6-2)23-13-17-12-20-16(10-15(3)27-20)11-19(17)26-4/h11-12,15,18H,5-10,13-14H2,1-4H3,(H2,22,23,24). The number of benzene rings is 1. The van der Waals surface area contributed by atoms with Crippen LogP contribution in [0, 0.1) is 0 Å². The molecule has 2 N–H and O–H groups in total. The van der Waals surface area contributed by atoms with Gasteiger partial charge >= 0.3 is 0 Å². The molecule has 6 heteroatoms. The summed E-state index contributed by atoms with van der Waals surface area (Å²) in [6, 6.07) is 4.78. The molecule has 0 aliphatic carbocycles. The molecule has 6 nitrogen and oxygen atoms in total. The monoisotopic (exact) mass is 374 g/mol. The van der Waals surface area contributed by atoms with E-state index in [0.29, 0.717) is 12.6 Å². The largest absolute Gasteiger partial charge is 0.496 e. The van der Waals surface area contributed by atoms with Crippen LogP contribution in [-0.4, -0.2) is 56.3 Å². The van der Waals surface area contributed by atoms with E-state index in [1.165, 1.54) is 24.9 Å². The molecule has 1 fully saturated rings. The molecule has 27 heavy (non-hydrogen) atoms. The van der Waals surface area contributed by atoms with Crippen LogP contribution in [-0.2, 0) is 13.0 Å². The topological polar surface area (TPSA) is 58.1 Å². The Hall–Kier alpha value is -1.95. The molecule has 3 rings (SSSR count). The highest BCUT2D eigenvalue weighted by molar-refractivity contribution is 5.79. The van der Waals surface area contributed by atoms with Crippen molar-refractivity contribution in [1.29, 1.82) is 0 Å². The lowest BCUT2D eigenvalue weighted by molar-refractivity contribution is 0.254. The lowest BCUT2D eigenvalue weighted by atomic mass is 10.1. The zero-order chi connectivity index (χ0) is 19.2. The van der Waals surface area contributed by atoms with Crippen LogP contribution in [0.15, 0.2) is 17.1 Å². The van der Waals surface area contributed by atoms with E-state index < -0.39 is 0 Å². The average molecular weight is 375 g/mol. The van der Waals surface area contributed by atoms with Crippen molar-refractivity contribution >= 4 is 5.96 Å². The van der Waals surface area contributed by atoms with Crippen molar-refractivity contribution in [1.82, 2.24) is 15.5 Å². The van der Waals surface area contributed by atoms with Crippen LogP contribution in [0.25, 0.3) is 0 Å². The number of nitrogens with one attached hydrogen (secondary N) is 2. The lowest BCUT2D eigenvalue weighted by Gasteiger charge is -2.24. The Morgan fingerprint density at radius 2 is 2.19 bits per heavy atom. The zero-order valence-corrected chi connectivity index (χ0v) is 17.2. The Morgan fingerprint density at radius 3 is 2.93 bits per heavy atom.